The van der Waals surface area contributed by atoms with Crippen LogP contribution in [0.3, 0.4) is 0 Å². The number of nitrogens with zero attached hydrogens (tertiary/aromatic N) is 1. The number of hydrogen-bond acceptors (Lipinski definition) is 4. The Kier molecular flexibility index (Phi) is 5.06. The van der Waals surface area contributed by atoms with Crippen LogP contribution >= 0.6 is 22.7 Å². The predicted molar refractivity (Wildman–Crippen MR) is 192 cm³/mol. The van der Waals surface area contributed by atoms with Gasteiger partial charge in [-0.05, 0) is 77.5 Å². The lowest BCUT2D eigenvalue weighted by atomic mass is 10.0. The van der Waals surface area contributed by atoms with E-state index in [4.69, 9.17) is 4.42 Å². The van der Waals surface area contributed by atoms with Gasteiger partial charge in [0.05, 0.1) is 5.69 Å². The van der Waals surface area contributed by atoms with Gasteiger partial charge in [0.15, 0.2) is 0 Å². The molecule has 0 N–H and O–H groups in total. The quantitative estimate of drug-likeness (QED) is 0.201. The van der Waals surface area contributed by atoms with E-state index >= 15 is 0 Å². The maximum Gasteiger partial charge on any atom is 0.144 e. The number of furan rings is 1. The van der Waals surface area contributed by atoms with Gasteiger partial charge in [0.25, 0.3) is 0 Å². The Morgan fingerprint density at radius 3 is 2.09 bits per heavy atom. The van der Waals surface area contributed by atoms with Crippen LogP contribution in [0.15, 0.2) is 144 Å². The molecule has 10 rings (SSSR count). The third-order valence-electron chi connectivity index (χ3n) is 8.84. The van der Waals surface area contributed by atoms with Crippen molar-refractivity contribution in [2.45, 2.75) is 0 Å². The van der Waals surface area contributed by atoms with Gasteiger partial charge in [-0.3, -0.25) is 0 Å². The lowest BCUT2D eigenvalue weighted by Crippen LogP contribution is -2.10. The fraction of sp³-hybridized carbons (Fsp3) is 0. The van der Waals surface area contributed by atoms with Crippen LogP contribution in [-0.4, -0.2) is 0 Å². The molecule has 0 spiro atoms. The van der Waals surface area contributed by atoms with Crippen molar-refractivity contribution in [3.8, 4) is 0 Å². The van der Waals surface area contributed by atoms with Crippen LogP contribution in [0.5, 0.6) is 0 Å². The van der Waals surface area contributed by atoms with Gasteiger partial charge in [0.2, 0.25) is 0 Å². The molecule has 0 aliphatic carbocycles. The molecule has 0 saturated heterocycles. The van der Waals surface area contributed by atoms with E-state index in [-0.39, 0.29) is 0 Å². The second kappa shape index (κ2) is 9.17. The van der Waals surface area contributed by atoms with E-state index in [9.17, 15) is 0 Å². The summed E-state index contributed by atoms with van der Waals surface area (Å²) in [6.07, 6.45) is 0. The van der Waals surface area contributed by atoms with Gasteiger partial charge < -0.3 is 9.32 Å². The minimum atomic E-state index is 0.928. The number of para-hydroxylation sites is 1. The van der Waals surface area contributed by atoms with E-state index < -0.39 is 0 Å². The fourth-order valence-corrected chi connectivity index (χ4v) is 9.14. The first-order chi connectivity index (χ1) is 21.8. The molecule has 0 fully saturated rings. The van der Waals surface area contributed by atoms with Crippen LogP contribution < -0.4 is 4.90 Å². The van der Waals surface area contributed by atoms with Crippen molar-refractivity contribution in [3.63, 3.8) is 0 Å². The molecule has 0 aliphatic heterocycles. The first-order valence-corrected chi connectivity index (χ1v) is 16.4. The second-order valence-corrected chi connectivity index (χ2v) is 13.4. The Morgan fingerprint density at radius 2 is 1.16 bits per heavy atom. The van der Waals surface area contributed by atoms with Crippen molar-refractivity contribution in [3.05, 3.63) is 140 Å². The molecule has 0 radical (unpaired) electrons. The van der Waals surface area contributed by atoms with Crippen molar-refractivity contribution in [1.29, 1.82) is 0 Å². The molecule has 10 aromatic rings. The molecule has 0 bridgehead atoms. The molecule has 0 aliphatic rings. The van der Waals surface area contributed by atoms with Gasteiger partial charge in [-0.15, -0.1) is 22.7 Å². The first-order valence-electron chi connectivity index (χ1n) is 14.8. The average Bonchev–Trinajstić information content (AvgIpc) is 3.76. The van der Waals surface area contributed by atoms with Crippen molar-refractivity contribution in [1.82, 2.24) is 0 Å². The molecule has 0 saturated carbocycles. The largest absolute Gasteiger partial charge is 0.455 e. The van der Waals surface area contributed by atoms with E-state index in [1.165, 1.54) is 56.5 Å². The van der Waals surface area contributed by atoms with Crippen LogP contribution in [0.4, 0.5) is 17.1 Å². The topological polar surface area (TPSA) is 16.4 Å². The van der Waals surface area contributed by atoms with Gasteiger partial charge in [-0.2, -0.15) is 0 Å². The third kappa shape index (κ3) is 3.41. The summed E-state index contributed by atoms with van der Waals surface area (Å²) >= 11 is 3.69. The number of anilines is 3. The lowest BCUT2D eigenvalue weighted by molar-refractivity contribution is 0.673. The molecule has 0 amide bonds. The summed E-state index contributed by atoms with van der Waals surface area (Å²) in [4.78, 5) is 2.41. The van der Waals surface area contributed by atoms with Crippen molar-refractivity contribution >= 4 is 113 Å². The van der Waals surface area contributed by atoms with Crippen LogP contribution in [0, 0.1) is 0 Å². The highest BCUT2D eigenvalue weighted by atomic mass is 32.1. The Labute approximate surface area is 260 Å². The van der Waals surface area contributed by atoms with Crippen LogP contribution in [0.2, 0.25) is 0 Å². The number of fused-ring (bicyclic) bond motifs is 12. The number of benzene rings is 7. The Hall–Kier alpha value is -5.16. The van der Waals surface area contributed by atoms with E-state index in [2.05, 4.69) is 144 Å². The molecule has 44 heavy (non-hydrogen) atoms. The van der Waals surface area contributed by atoms with Gasteiger partial charge >= 0.3 is 0 Å². The summed E-state index contributed by atoms with van der Waals surface area (Å²) in [6.45, 7) is 0. The fourth-order valence-electron chi connectivity index (χ4n) is 6.93. The second-order valence-electron chi connectivity index (χ2n) is 11.3. The minimum Gasteiger partial charge on any atom is -0.455 e. The summed E-state index contributed by atoms with van der Waals surface area (Å²) in [5.41, 5.74) is 5.30. The van der Waals surface area contributed by atoms with Gasteiger partial charge in [0.1, 0.15) is 11.2 Å². The number of hydrogen-bond donors (Lipinski definition) is 0. The summed E-state index contributed by atoms with van der Waals surface area (Å²) in [6, 6.07) is 50.4. The van der Waals surface area contributed by atoms with Gasteiger partial charge in [0, 0.05) is 62.5 Å². The van der Waals surface area contributed by atoms with Crippen LogP contribution in [0.1, 0.15) is 0 Å². The minimum absolute atomic E-state index is 0.928. The zero-order chi connectivity index (χ0) is 28.8. The van der Waals surface area contributed by atoms with E-state index in [0.29, 0.717) is 0 Å². The van der Waals surface area contributed by atoms with Crippen LogP contribution in [-0.2, 0) is 0 Å². The molecule has 0 unspecified atom stereocenters. The van der Waals surface area contributed by atoms with Crippen molar-refractivity contribution in [2.24, 2.45) is 0 Å². The SMILES string of the molecule is c1ccc(N(c2ccc3sc4ccccc4c3c2)c2cccc3sc4ccc5c(oc6ccc7ccccc7c65)c4c23)cc1. The molecular formula is C40H23NOS2. The summed E-state index contributed by atoms with van der Waals surface area (Å²) in [7, 11) is 0. The molecule has 0 atom stereocenters. The summed E-state index contributed by atoms with van der Waals surface area (Å²) in [5.74, 6) is 0. The van der Waals surface area contributed by atoms with E-state index in [1.807, 2.05) is 22.7 Å². The number of thiophene rings is 2. The smallest absolute Gasteiger partial charge is 0.144 e. The molecule has 7 aromatic carbocycles. The normalized spacial score (nSPS) is 12.1. The van der Waals surface area contributed by atoms with E-state index in [0.717, 1.165) is 33.6 Å². The molecular weight excluding hydrogens is 575 g/mol. The predicted octanol–water partition coefficient (Wildman–Crippen LogP) is 12.9. The maximum absolute atomic E-state index is 6.77. The highest BCUT2D eigenvalue weighted by Gasteiger charge is 2.22. The zero-order valence-corrected chi connectivity index (χ0v) is 25.1. The molecule has 206 valence electrons. The summed E-state index contributed by atoms with van der Waals surface area (Å²) in [5, 5.41) is 9.80. The maximum atomic E-state index is 6.77. The third-order valence-corrected chi connectivity index (χ3v) is 11.1. The Balaban J connectivity index is 1.31. The van der Waals surface area contributed by atoms with E-state index in [1.54, 1.807) is 0 Å². The van der Waals surface area contributed by atoms with Gasteiger partial charge in [-0.1, -0.05) is 72.8 Å². The Morgan fingerprint density at radius 1 is 0.432 bits per heavy atom. The monoisotopic (exact) mass is 597 g/mol. The van der Waals surface area contributed by atoms with Crippen molar-refractivity contribution in [2.75, 3.05) is 4.90 Å². The Bertz CT molecular complexity index is 2730. The molecule has 3 aromatic heterocycles. The van der Waals surface area contributed by atoms with Gasteiger partial charge in [-0.25, -0.2) is 0 Å². The van der Waals surface area contributed by atoms with Crippen molar-refractivity contribution < 1.29 is 4.42 Å². The average molecular weight is 598 g/mol. The number of rotatable bonds is 3. The molecule has 3 heterocycles. The summed E-state index contributed by atoms with van der Waals surface area (Å²) < 4.78 is 11.9. The molecule has 4 heteroatoms. The highest BCUT2D eigenvalue weighted by molar-refractivity contribution is 7.26. The highest BCUT2D eigenvalue weighted by Crippen LogP contribution is 2.49. The first kappa shape index (κ1) is 24.3. The standard InChI is InChI=1S/C40H23NOS2/c1-2-10-25(11-3-1)41(26-18-21-34-30(23-26)28-13-6-7-15-33(28)43-34)31-14-8-16-35-38(31)39-36(44-35)22-19-29-37-27-12-5-4-9-24(27)17-20-32(37)42-40(29)39/h1-23H. The lowest BCUT2D eigenvalue weighted by Gasteiger charge is -2.26. The zero-order valence-electron chi connectivity index (χ0n) is 23.5. The van der Waals surface area contributed by atoms with Crippen LogP contribution in [0.25, 0.3) is 73.1 Å². The molecule has 2 nitrogen and oxygen atoms in total.